The van der Waals surface area contributed by atoms with Crippen LogP contribution in [0.4, 0.5) is 17.2 Å². The third-order valence-corrected chi connectivity index (χ3v) is 4.35. The van der Waals surface area contributed by atoms with E-state index in [1.807, 2.05) is 41.9 Å². The number of aliphatic imine (C=N–C) groups is 1. The Bertz CT molecular complexity index is 991. The molecule has 1 N–H and O–H groups in total. The molecule has 0 amide bonds. The second-order valence-corrected chi connectivity index (χ2v) is 6.07. The highest BCUT2D eigenvalue weighted by molar-refractivity contribution is 6.03. The summed E-state index contributed by atoms with van der Waals surface area (Å²) >= 11 is 0. The van der Waals surface area contributed by atoms with Gasteiger partial charge in [0.1, 0.15) is 5.69 Å². The molecule has 1 aromatic heterocycles. The number of rotatable bonds is 3. The number of aryl methyl sites for hydroxylation is 1. The van der Waals surface area contributed by atoms with E-state index in [9.17, 15) is 10.1 Å². The van der Waals surface area contributed by atoms with Crippen molar-refractivity contribution in [2.75, 3.05) is 11.9 Å². The van der Waals surface area contributed by atoms with Crippen LogP contribution in [0, 0.1) is 17.0 Å². The molecule has 0 unspecified atom stereocenters. The molecule has 2 heterocycles. The zero-order chi connectivity index (χ0) is 18.1. The minimum Gasteiger partial charge on any atom is -0.380 e. The quantitative estimate of drug-likeness (QED) is 0.573. The van der Waals surface area contributed by atoms with Gasteiger partial charge in [-0.05, 0) is 36.8 Å². The summed E-state index contributed by atoms with van der Waals surface area (Å²) < 4.78 is 1.83. The van der Waals surface area contributed by atoms with Crippen molar-refractivity contribution in [3.05, 3.63) is 76.0 Å². The lowest BCUT2D eigenvalue weighted by molar-refractivity contribution is -0.384. The highest BCUT2D eigenvalue weighted by atomic mass is 16.6. The van der Waals surface area contributed by atoms with Gasteiger partial charge in [0.15, 0.2) is 5.82 Å². The molecule has 0 saturated carbocycles. The maximum atomic E-state index is 10.9. The Balaban J connectivity index is 1.81. The number of nitro groups is 1. The Kier molecular flexibility index (Phi) is 3.96. The molecule has 1 aliphatic heterocycles. The smallest absolute Gasteiger partial charge is 0.269 e. The number of para-hydroxylation sites is 1. The highest BCUT2D eigenvalue weighted by Gasteiger charge is 2.20. The maximum absolute atomic E-state index is 10.9. The fourth-order valence-corrected chi connectivity index (χ4v) is 3.05. The lowest BCUT2D eigenvalue weighted by Gasteiger charge is -2.06. The number of non-ortho nitro benzene ring substituents is 1. The first kappa shape index (κ1) is 16.0. The van der Waals surface area contributed by atoms with E-state index < -0.39 is 4.92 Å². The summed E-state index contributed by atoms with van der Waals surface area (Å²) in [5.74, 6) is 0.750. The van der Waals surface area contributed by atoms with Crippen LogP contribution in [0.25, 0.3) is 5.69 Å². The molecular weight excluding hydrogens is 330 g/mol. The molecule has 130 valence electrons. The molecule has 26 heavy (non-hydrogen) atoms. The van der Waals surface area contributed by atoms with E-state index in [0.29, 0.717) is 0 Å². The fourth-order valence-electron chi connectivity index (χ4n) is 3.05. The van der Waals surface area contributed by atoms with Crippen molar-refractivity contribution in [3.63, 3.8) is 0 Å². The van der Waals surface area contributed by atoms with E-state index in [2.05, 4.69) is 10.4 Å². The normalized spacial score (nSPS) is 13.3. The minimum absolute atomic E-state index is 0.0759. The van der Waals surface area contributed by atoms with Crippen LogP contribution in [-0.4, -0.2) is 27.0 Å². The average molecular weight is 347 g/mol. The van der Waals surface area contributed by atoms with Crippen LogP contribution in [0.2, 0.25) is 0 Å². The summed E-state index contributed by atoms with van der Waals surface area (Å²) in [6.45, 7) is 2.68. The second-order valence-electron chi connectivity index (χ2n) is 6.07. The highest BCUT2D eigenvalue weighted by Crippen LogP contribution is 2.34. The van der Waals surface area contributed by atoms with Gasteiger partial charge in [0, 0.05) is 25.1 Å². The van der Waals surface area contributed by atoms with E-state index in [1.165, 1.54) is 12.1 Å². The largest absolute Gasteiger partial charge is 0.380 e. The average Bonchev–Trinajstić information content (AvgIpc) is 2.84. The number of hydrogen-bond donors (Lipinski definition) is 1. The summed E-state index contributed by atoms with van der Waals surface area (Å²) in [4.78, 5) is 15.3. The number of fused-ring (bicyclic) bond motifs is 1. The van der Waals surface area contributed by atoms with Gasteiger partial charge in [0.2, 0.25) is 0 Å². The molecule has 0 aliphatic carbocycles. The van der Waals surface area contributed by atoms with Gasteiger partial charge in [-0.1, -0.05) is 18.2 Å². The second kappa shape index (κ2) is 6.44. The van der Waals surface area contributed by atoms with Crippen LogP contribution >= 0.6 is 0 Å². The van der Waals surface area contributed by atoms with Crippen molar-refractivity contribution < 1.29 is 4.92 Å². The van der Waals surface area contributed by atoms with Crippen molar-refractivity contribution in [1.29, 1.82) is 0 Å². The fraction of sp³-hybridized carbons (Fsp3) is 0.158. The number of benzene rings is 2. The van der Waals surface area contributed by atoms with E-state index in [4.69, 9.17) is 4.99 Å². The molecule has 1 aliphatic rings. The summed E-state index contributed by atoms with van der Waals surface area (Å²) in [7, 11) is 0. The standard InChI is InChI=1S/C19H17N5O2/c1-13-18-19(23(22-13)15-5-3-2-4-6-15)21-17(11-12-20-18)14-7-9-16(10-8-14)24(25)26/h2-10,20H,11-12H2,1H3. The summed E-state index contributed by atoms with van der Waals surface area (Å²) in [6, 6.07) is 16.4. The van der Waals surface area contributed by atoms with Crippen molar-refractivity contribution in [1.82, 2.24) is 9.78 Å². The molecule has 0 radical (unpaired) electrons. The predicted molar refractivity (Wildman–Crippen MR) is 101 cm³/mol. The van der Waals surface area contributed by atoms with E-state index in [1.54, 1.807) is 12.1 Å². The first-order valence-electron chi connectivity index (χ1n) is 8.35. The Morgan fingerprint density at radius 1 is 1.12 bits per heavy atom. The van der Waals surface area contributed by atoms with Crippen LogP contribution in [0.15, 0.2) is 59.6 Å². The molecule has 0 bridgehead atoms. The van der Waals surface area contributed by atoms with Gasteiger partial charge in [-0.2, -0.15) is 5.10 Å². The zero-order valence-electron chi connectivity index (χ0n) is 14.2. The van der Waals surface area contributed by atoms with Gasteiger partial charge in [-0.3, -0.25) is 10.1 Å². The topological polar surface area (TPSA) is 85.3 Å². The van der Waals surface area contributed by atoms with Gasteiger partial charge >= 0.3 is 0 Å². The van der Waals surface area contributed by atoms with Crippen LogP contribution in [0.1, 0.15) is 17.7 Å². The number of nitro benzene ring substituents is 1. The van der Waals surface area contributed by atoms with Crippen molar-refractivity contribution in [2.45, 2.75) is 13.3 Å². The first-order chi connectivity index (χ1) is 12.6. The van der Waals surface area contributed by atoms with Crippen molar-refractivity contribution in [2.24, 2.45) is 4.99 Å². The van der Waals surface area contributed by atoms with Crippen LogP contribution in [0.5, 0.6) is 0 Å². The van der Waals surface area contributed by atoms with E-state index in [0.717, 1.165) is 47.1 Å². The summed E-state index contributed by atoms with van der Waals surface area (Å²) in [6.07, 6.45) is 0.723. The Morgan fingerprint density at radius 3 is 2.54 bits per heavy atom. The predicted octanol–water partition coefficient (Wildman–Crippen LogP) is 4.03. The monoisotopic (exact) mass is 347 g/mol. The van der Waals surface area contributed by atoms with Crippen molar-refractivity contribution >= 4 is 22.9 Å². The molecule has 0 spiro atoms. The minimum atomic E-state index is -0.397. The van der Waals surface area contributed by atoms with Crippen molar-refractivity contribution in [3.8, 4) is 5.69 Å². The number of nitrogens with zero attached hydrogens (tertiary/aromatic N) is 4. The number of nitrogens with one attached hydrogen (secondary N) is 1. The van der Waals surface area contributed by atoms with Crippen LogP contribution in [0.3, 0.4) is 0 Å². The van der Waals surface area contributed by atoms with Gasteiger partial charge in [0.25, 0.3) is 5.69 Å². The molecule has 3 aromatic rings. The Hall–Kier alpha value is -3.48. The summed E-state index contributed by atoms with van der Waals surface area (Å²) in [5.41, 5.74) is 4.58. The molecule has 0 atom stereocenters. The third kappa shape index (κ3) is 2.83. The lowest BCUT2D eigenvalue weighted by Crippen LogP contribution is -2.08. The molecular formula is C19H17N5O2. The molecule has 7 heteroatoms. The van der Waals surface area contributed by atoms with Gasteiger partial charge in [-0.25, -0.2) is 9.67 Å². The Labute approximate surface area is 150 Å². The number of anilines is 1. The zero-order valence-corrected chi connectivity index (χ0v) is 14.2. The lowest BCUT2D eigenvalue weighted by atomic mass is 10.1. The molecule has 2 aromatic carbocycles. The SMILES string of the molecule is Cc1nn(-c2ccccc2)c2c1NCCC(c1ccc([N+](=O)[O-])cc1)=N2. The van der Waals surface area contributed by atoms with E-state index in [-0.39, 0.29) is 5.69 Å². The number of hydrogen-bond acceptors (Lipinski definition) is 5. The number of aromatic nitrogens is 2. The third-order valence-electron chi connectivity index (χ3n) is 4.35. The molecule has 0 saturated heterocycles. The van der Waals surface area contributed by atoms with Gasteiger partial charge < -0.3 is 5.32 Å². The van der Waals surface area contributed by atoms with Crippen LogP contribution in [-0.2, 0) is 0 Å². The van der Waals surface area contributed by atoms with Crippen LogP contribution < -0.4 is 5.32 Å². The molecule has 7 nitrogen and oxygen atoms in total. The first-order valence-corrected chi connectivity index (χ1v) is 8.35. The van der Waals surface area contributed by atoms with Gasteiger partial charge in [0.05, 0.1) is 22.0 Å². The van der Waals surface area contributed by atoms with E-state index >= 15 is 0 Å². The van der Waals surface area contributed by atoms with Gasteiger partial charge in [-0.15, -0.1) is 0 Å². The summed E-state index contributed by atoms with van der Waals surface area (Å²) in [5, 5.41) is 18.9. The molecule has 0 fully saturated rings. The molecule has 4 rings (SSSR count). The Morgan fingerprint density at radius 2 is 1.85 bits per heavy atom. The maximum Gasteiger partial charge on any atom is 0.269 e.